The van der Waals surface area contributed by atoms with Gasteiger partial charge in [0.25, 0.3) is 5.24 Å². The van der Waals surface area contributed by atoms with Gasteiger partial charge in [-0.3, -0.25) is 4.79 Å². The number of carbonyl (C=O) groups is 1. The molecule has 0 spiro atoms. The van der Waals surface area contributed by atoms with Crippen molar-refractivity contribution in [3.63, 3.8) is 0 Å². The van der Waals surface area contributed by atoms with Crippen molar-refractivity contribution in [1.82, 2.24) is 4.90 Å². The first-order valence-corrected chi connectivity index (χ1v) is 6.37. The SMILES string of the molecule is CCSC(=O)N(CC(C)C)CC(C)C.[Ca+2].[H-].[H-].[Ti]. The van der Waals surface area contributed by atoms with Gasteiger partial charge in [0, 0.05) is 34.8 Å². The molecular weight excluding hydrogens is 282 g/mol. The number of hydrogen-bond donors (Lipinski definition) is 0. The second-order valence-electron chi connectivity index (χ2n) is 4.39. The van der Waals surface area contributed by atoms with E-state index in [4.69, 9.17) is 0 Å². The molecule has 0 aliphatic carbocycles. The molecule has 0 aromatic rings. The van der Waals surface area contributed by atoms with Crippen molar-refractivity contribution in [2.24, 2.45) is 11.8 Å². The molecule has 0 saturated heterocycles. The standard InChI is InChI=1S/C11H23NOS.Ca.Ti.2H/c1-6-14-11(13)12(7-9(2)3)8-10(4)5;;;;/h9-10H,6-8H2,1-5H3;;;;/q;+2;;2*-1. The van der Waals surface area contributed by atoms with Crippen LogP contribution in [0.15, 0.2) is 0 Å². The Labute approximate surface area is 153 Å². The molecule has 0 atom stereocenters. The number of rotatable bonds is 5. The third-order valence-electron chi connectivity index (χ3n) is 1.70. The van der Waals surface area contributed by atoms with Gasteiger partial charge in [-0.05, 0) is 17.6 Å². The zero-order valence-electron chi connectivity index (χ0n) is 13.2. The van der Waals surface area contributed by atoms with Gasteiger partial charge in [0.15, 0.2) is 0 Å². The van der Waals surface area contributed by atoms with Gasteiger partial charge < -0.3 is 7.75 Å². The minimum Gasteiger partial charge on any atom is -1.00 e. The van der Waals surface area contributed by atoms with E-state index >= 15 is 0 Å². The summed E-state index contributed by atoms with van der Waals surface area (Å²) in [5, 5.41) is 0.231. The summed E-state index contributed by atoms with van der Waals surface area (Å²) in [6, 6.07) is 0. The Kier molecular flexibility index (Phi) is 19.0. The number of amides is 1. The van der Waals surface area contributed by atoms with Crippen molar-refractivity contribution in [2.75, 3.05) is 18.8 Å². The normalized spacial score (nSPS) is 9.69. The summed E-state index contributed by atoms with van der Waals surface area (Å²) in [6.45, 7) is 12.4. The zero-order valence-corrected chi connectivity index (χ0v) is 15.8. The molecule has 0 saturated carbocycles. The van der Waals surface area contributed by atoms with E-state index < -0.39 is 0 Å². The summed E-state index contributed by atoms with van der Waals surface area (Å²) >= 11 is 1.41. The van der Waals surface area contributed by atoms with Crippen LogP contribution in [-0.2, 0) is 21.7 Å². The van der Waals surface area contributed by atoms with Gasteiger partial charge in [-0.25, -0.2) is 0 Å². The molecule has 5 heteroatoms. The van der Waals surface area contributed by atoms with Gasteiger partial charge >= 0.3 is 37.7 Å². The van der Waals surface area contributed by atoms with Crippen LogP contribution in [-0.4, -0.2) is 66.7 Å². The molecule has 0 fully saturated rings. The van der Waals surface area contributed by atoms with E-state index in [0.29, 0.717) is 11.8 Å². The van der Waals surface area contributed by atoms with Crippen molar-refractivity contribution < 1.29 is 29.4 Å². The van der Waals surface area contributed by atoms with Crippen LogP contribution in [0.1, 0.15) is 37.5 Å². The van der Waals surface area contributed by atoms with E-state index in [2.05, 4.69) is 27.7 Å². The maximum absolute atomic E-state index is 11.7. The van der Waals surface area contributed by atoms with Crippen LogP contribution in [0.25, 0.3) is 0 Å². The molecule has 0 aromatic heterocycles. The van der Waals surface area contributed by atoms with Gasteiger partial charge in [0.05, 0.1) is 0 Å². The molecule has 0 rings (SSSR count). The van der Waals surface area contributed by atoms with Crippen molar-refractivity contribution >= 4 is 54.7 Å². The molecule has 0 heterocycles. The summed E-state index contributed by atoms with van der Waals surface area (Å²) in [4.78, 5) is 13.7. The van der Waals surface area contributed by atoms with Crippen molar-refractivity contribution in [3.05, 3.63) is 0 Å². The monoisotopic (exact) mass is 307 g/mol. The fraction of sp³-hybridized carbons (Fsp3) is 0.909. The molecule has 0 aliphatic rings. The molecule has 1 amide bonds. The molecule has 0 N–H and O–H groups in total. The quantitative estimate of drug-likeness (QED) is 0.726. The smallest absolute Gasteiger partial charge is 1.00 e. The van der Waals surface area contributed by atoms with E-state index in [0.717, 1.165) is 18.8 Å². The fourth-order valence-electron chi connectivity index (χ4n) is 1.32. The van der Waals surface area contributed by atoms with Gasteiger partial charge in [-0.15, -0.1) is 0 Å². The van der Waals surface area contributed by atoms with E-state index in [-0.39, 0.29) is 67.5 Å². The number of carbonyl (C=O) groups excluding carboxylic acids is 1. The second-order valence-corrected chi connectivity index (χ2v) is 5.61. The number of hydrogen-bond acceptors (Lipinski definition) is 2. The predicted octanol–water partition coefficient (Wildman–Crippen LogP) is 3.32. The fourth-order valence-corrected chi connectivity index (χ4v) is 1.90. The van der Waals surface area contributed by atoms with E-state index in [1.165, 1.54) is 11.8 Å². The molecule has 16 heavy (non-hydrogen) atoms. The Balaban J connectivity index is -0.000000141. The molecule has 0 unspecified atom stereocenters. The Bertz CT molecular complexity index is 178. The van der Waals surface area contributed by atoms with Crippen LogP contribution in [0, 0.1) is 11.8 Å². The molecule has 92 valence electrons. The molecular formula is C11H25CaNOSTi. The third-order valence-corrected chi connectivity index (χ3v) is 2.49. The molecule has 0 aromatic carbocycles. The van der Waals surface area contributed by atoms with Crippen LogP contribution in [0.3, 0.4) is 0 Å². The van der Waals surface area contributed by atoms with E-state index in [9.17, 15) is 4.79 Å². The van der Waals surface area contributed by atoms with E-state index in [1.807, 2.05) is 11.8 Å². The van der Waals surface area contributed by atoms with Gasteiger partial charge in [0.1, 0.15) is 0 Å². The largest absolute Gasteiger partial charge is 2.00 e. The van der Waals surface area contributed by atoms with Crippen LogP contribution in [0.5, 0.6) is 0 Å². The average Bonchev–Trinajstić information content (AvgIpc) is 2.01. The van der Waals surface area contributed by atoms with Crippen LogP contribution >= 0.6 is 11.8 Å². The summed E-state index contributed by atoms with van der Waals surface area (Å²) in [7, 11) is 0. The van der Waals surface area contributed by atoms with Crippen molar-refractivity contribution in [1.29, 1.82) is 0 Å². The summed E-state index contributed by atoms with van der Waals surface area (Å²) in [6.07, 6.45) is 0. The van der Waals surface area contributed by atoms with Crippen molar-refractivity contribution in [3.8, 4) is 0 Å². The van der Waals surface area contributed by atoms with E-state index in [1.54, 1.807) is 0 Å². The second kappa shape index (κ2) is 13.2. The predicted molar refractivity (Wildman–Crippen MR) is 72.8 cm³/mol. The number of thioether (sulfide) groups is 1. The van der Waals surface area contributed by atoms with Gasteiger partial charge in [-0.2, -0.15) is 0 Å². The van der Waals surface area contributed by atoms with Crippen LogP contribution in [0.2, 0.25) is 0 Å². The van der Waals surface area contributed by atoms with Crippen LogP contribution < -0.4 is 0 Å². The Morgan fingerprint density at radius 2 is 1.56 bits per heavy atom. The Morgan fingerprint density at radius 3 is 1.81 bits per heavy atom. The summed E-state index contributed by atoms with van der Waals surface area (Å²) in [5.74, 6) is 1.97. The van der Waals surface area contributed by atoms with Gasteiger partial charge in [0.2, 0.25) is 0 Å². The van der Waals surface area contributed by atoms with Crippen molar-refractivity contribution in [2.45, 2.75) is 34.6 Å². The first-order chi connectivity index (χ1) is 6.47. The zero-order chi connectivity index (χ0) is 11.1. The summed E-state index contributed by atoms with van der Waals surface area (Å²) < 4.78 is 0. The Morgan fingerprint density at radius 1 is 1.19 bits per heavy atom. The Hall–Kier alpha value is 1.79. The maximum atomic E-state index is 11.7. The molecule has 0 radical (unpaired) electrons. The van der Waals surface area contributed by atoms with Crippen LogP contribution in [0.4, 0.5) is 4.79 Å². The molecule has 0 bridgehead atoms. The summed E-state index contributed by atoms with van der Waals surface area (Å²) in [5.41, 5.74) is 0. The first-order valence-electron chi connectivity index (χ1n) is 5.39. The molecule has 2 nitrogen and oxygen atoms in total. The topological polar surface area (TPSA) is 20.3 Å². The maximum Gasteiger partial charge on any atom is 2.00 e. The average molecular weight is 307 g/mol. The minimum absolute atomic E-state index is 0. The number of nitrogens with zero attached hydrogens (tertiary/aromatic N) is 1. The minimum atomic E-state index is 0. The first kappa shape index (κ1) is 22.9. The molecule has 0 aliphatic heterocycles. The third kappa shape index (κ3) is 12.3. The van der Waals surface area contributed by atoms with Gasteiger partial charge in [-0.1, -0.05) is 46.4 Å².